The van der Waals surface area contributed by atoms with Crippen molar-refractivity contribution < 1.29 is 4.92 Å². The number of para-hydroxylation sites is 2. The van der Waals surface area contributed by atoms with E-state index in [1.807, 2.05) is 24.3 Å². The van der Waals surface area contributed by atoms with Gasteiger partial charge in [-0.05, 0) is 18.1 Å². The van der Waals surface area contributed by atoms with Gasteiger partial charge >= 0.3 is 0 Å². The number of rotatable bonds is 4. The fraction of sp³-hybridized carbons (Fsp3) is 0.200. The van der Waals surface area contributed by atoms with Crippen molar-refractivity contribution >= 4 is 11.4 Å². The summed E-state index contributed by atoms with van der Waals surface area (Å²) < 4.78 is 0. The number of nitrogens with zero attached hydrogens (tertiary/aromatic N) is 1. The summed E-state index contributed by atoms with van der Waals surface area (Å²) in [7, 11) is 0. The zero-order chi connectivity index (χ0) is 13.2. The van der Waals surface area contributed by atoms with Gasteiger partial charge in [0, 0.05) is 18.0 Å². The second-order valence-electron chi connectivity index (χ2n) is 4.78. The summed E-state index contributed by atoms with van der Waals surface area (Å²) in [5.41, 5.74) is 2.04. The molecule has 1 aliphatic carbocycles. The topological polar surface area (TPSA) is 55.2 Å². The lowest BCUT2D eigenvalue weighted by Crippen LogP contribution is -2.06. The van der Waals surface area contributed by atoms with E-state index in [1.54, 1.807) is 12.1 Å². The van der Waals surface area contributed by atoms with E-state index in [-0.39, 0.29) is 10.6 Å². The van der Waals surface area contributed by atoms with Gasteiger partial charge in [0.25, 0.3) is 5.69 Å². The van der Waals surface area contributed by atoms with Crippen LogP contribution in [-0.2, 0) is 0 Å². The quantitative estimate of drug-likeness (QED) is 0.670. The Bertz CT molecular complexity index is 598. The molecule has 0 unspecified atom stereocenters. The molecular formula is C15H14N2O2. The van der Waals surface area contributed by atoms with Gasteiger partial charge in [0.15, 0.2) is 0 Å². The molecule has 0 bridgehead atoms. The van der Waals surface area contributed by atoms with E-state index in [4.69, 9.17) is 0 Å². The summed E-state index contributed by atoms with van der Waals surface area (Å²) in [5, 5.41) is 14.2. The Morgan fingerprint density at radius 1 is 1.05 bits per heavy atom. The molecule has 96 valence electrons. The number of anilines is 1. The van der Waals surface area contributed by atoms with Crippen LogP contribution < -0.4 is 5.32 Å². The molecule has 0 saturated heterocycles. The van der Waals surface area contributed by atoms with Gasteiger partial charge in [0.05, 0.1) is 4.92 Å². The molecule has 2 aromatic carbocycles. The first kappa shape index (κ1) is 11.7. The van der Waals surface area contributed by atoms with Crippen LogP contribution in [0.2, 0.25) is 0 Å². The largest absolute Gasteiger partial charge is 0.376 e. The Kier molecular flexibility index (Phi) is 2.91. The van der Waals surface area contributed by atoms with E-state index >= 15 is 0 Å². The molecule has 1 fully saturated rings. The minimum absolute atomic E-state index is 0.140. The SMILES string of the molecule is O=[N+]([O-])c1ccccc1N[C@@H]1C[C@H]1c1ccccc1. The molecule has 3 rings (SSSR count). The number of hydrogen-bond acceptors (Lipinski definition) is 3. The predicted molar refractivity (Wildman–Crippen MR) is 74.3 cm³/mol. The lowest BCUT2D eigenvalue weighted by atomic mass is 10.1. The first-order valence-corrected chi connectivity index (χ1v) is 6.30. The molecule has 0 radical (unpaired) electrons. The van der Waals surface area contributed by atoms with Gasteiger partial charge < -0.3 is 5.32 Å². The van der Waals surface area contributed by atoms with Crippen molar-refractivity contribution in [1.29, 1.82) is 0 Å². The molecule has 0 heterocycles. The maximum Gasteiger partial charge on any atom is 0.292 e. The second-order valence-corrected chi connectivity index (χ2v) is 4.78. The van der Waals surface area contributed by atoms with Crippen LogP contribution in [0.5, 0.6) is 0 Å². The lowest BCUT2D eigenvalue weighted by Gasteiger charge is -2.06. The maximum absolute atomic E-state index is 10.9. The van der Waals surface area contributed by atoms with Crippen LogP contribution in [0.4, 0.5) is 11.4 Å². The Morgan fingerprint density at radius 2 is 1.74 bits per heavy atom. The summed E-state index contributed by atoms with van der Waals surface area (Å²) in [6.07, 6.45) is 1.02. The normalized spacial score (nSPS) is 20.8. The summed E-state index contributed by atoms with van der Waals surface area (Å²) in [5.74, 6) is 0.459. The molecule has 2 atom stereocenters. The van der Waals surface area contributed by atoms with Crippen molar-refractivity contribution in [2.45, 2.75) is 18.4 Å². The van der Waals surface area contributed by atoms with Gasteiger partial charge in [0.1, 0.15) is 5.69 Å². The standard InChI is InChI=1S/C15H14N2O2/c18-17(19)15-9-5-4-8-13(15)16-14-10-12(14)11-6-2-1-3-7-11/h1-9,12,14,16H,10H2/t12-,14+/m0/s1. The number of nitro groups is 1. The third-order valence-corrected chi connectivity index (χ3v) is 3.46. The van der Waals surface area contributed by atoms with Crippen molar-refractivity contribution in [1.82, 2.24) is 0 Å². The molecule has 0 spiro atoms. The molecule has 1 saturated carbocycles. The minimum Gasteiger partial charge on any atom is -0.376 e. The molecule has 0 aromatic heterocycles. The maximum atomic E-state index is 10.9. The Balaban J connectivity index is 1.73. The molecule has 1 N–H and O–H groups in total. The van der Waals surface area contributed by atoms with E-state index in [1.165, 1.54) is 11.6 Å². The third kappa shape index (κ3) is 2.42. The van der Waals surface area contributed by atoms with Crippen molar-refractivity contribution in [2.75, 3.05) is 5.32 Å². The molecule has 4 nitrogen and oxygen atoms in total. The first-order valence-electron chi connectivity index (χ1n) is 6.30. The van der Waals surface area contributed by atoms with Crippen LogP contribution in [0, 0.1) is 10.1 Å². The molecule has 2 aromatic rings. The highest BCUT2D eigenvalue weighted by atomic mass is 16.6. The van der Waals surface area contributed by atoms with E-state index in [0.717, 1.165) is 6.42 Å². The zero-order valence-electron chi connectivity index (χ0n) is 10.3. The zero-order valence-corrected chi connectivity index (χ0v) is 10.3. The van der Waals surface area contributed by atoms with Crippen molar-refractivity contribution in [3.8, 4) is 0 Å². The highest BCUT2D eigenvalue weighted by molar-refractivity contribution is 5.62. The first-order chi connectivity index (χ1) is 9.25. The summed E-state index contributed by atoms with van der Waals surface area (Å²) in [6.45, 7) is 0. The van der Waals surface area contributed by atoms with Crippen molar-refractivity contribution in [2.24, 2.45) is 0 Å². The van der Waals surface area contributed by atoms with Crippen LogP contribution in [0.15, 0.2) is 54.6 Å². The average molecular weight is 254 g/mol. The minimum atomic E-state index is -0.345. The van der Waals surface area contributed by atoms with Crippen molar-refractivity contribution in [3.63, 3.8) is 0 Å². The van der Waals surface area contributed by atoms with E-state index in [9.17, 15) is 10.1 Å². The molecule has 19 heavy (non-hydrogen) atoms. The Hall–Kier alpha value is -2.36. The number of benzene rings is 2. The van der Waals surface area contributed by atoms with Gasteiger partial charge in [-0.2, -0.15) is 0 Å². The fourth-order valence-electron chi connectivity index (χ4n) is 2.38. The van der Waals surface area contributed by atoms with Crippen molar-refractivity contribution in [3.05, 3.63) is 70.3 Å². The molecule has 0 aliphatic heterocycles. The highest BCUT2D eigenvalue weighted by Crippen LogP contribution is 2.43. The Labute approximate surface area is 111 Å². The summed E-state index contributed by atoms with van der Waals surface area (Å²) in [6, 6.07) is 17.3. The van der Waals surface area contributed by atoms with Crippen LogP contribution in [0.3, 0.4) is 0 Å². The van der Waals surface area contributed by atoms with E-state index < -0.39 is 0 Å². The molecule has 0 amide bonds. The van der Waals surface area contributed by atoms with E-state index in [0.29, 0.717) is 17.6 Å². The summed E-state index contributed by atoms with van der Waals surface area (Å²) in [4.78, 5) is 10.6. The van der Waals surface area contributed by atoms with E-state index in [2.05, 4.69) is 17.4 Å². The molecule has 1 aliphatic rings. The predicted octanol–water partition coefficient (Wildman–Crippen LogP) is 3.56. The van der Waals surface area contributed by atoms with Gasteiger partial charge in [-0.1, -0.05) is 42.5 Å². The smallest absolute Gasteiger partial charge is 0.292 e. The van der Waals surface area contributed by atoms with Crippen LogP contribution in [0.1, 0.15) is 17.9 Å². The number of hydrogen-bond donors (Lipinski definition) is 1. The number of nitro benzene ring substituents is 1. The van der Waals surface area contributed by atoms with Gasteiger partial charge in [-0.3, -0.25) is 10.1 Å². The fourth-order valence-corrected chi connectivity index (χ4v) is 2.38. The van der Waals surface area contributed by atoms with Crippen LogP contribution in [-0.4, -0.2) is 11.0 Å². The van der Waals surface area contributed by atoms with Crippen LogP contribution >= 0.6 is 0 Å². The monoisotopic (exact) mass is 254 g/mol. The average Bonchev–Trinajstić information content (AvgIpc) is 3.19. The van der Waals surface area contributed by atoms with Gasteiger partial charge in [-0.25, -0.2) is 0 Å². The second kappa shape index (κ2) is 4.72. The lowest BCUT2D eigenvalue weighted by molar-refractivity contribution is -0.384. The third-order valence-electron chi connectivity index (χ3n) is 3.46. The molecule has 4 heteroatoms. The number of nitrogens with one attached hydrogen (secondary N) is 1. The molecular weight excluding hydrogens is 240 g/mol. The van der Waals surface area contributed by atoms with Gasteiger partial charge in [-0.15, -0.1) is 0 Å². The van der Waals surface area contributed by atoms with Gasteiger partial charge in [0.2, 0.25) is 0 Å². The summed E-state index contributed by atoms with van der Waals surface area (Å²) >= 11 is 0. The Morgan fingerprint density at radius 3 is 2.47 bits per heavy atom. The van der Waals surface area contributed by atoms with Crippen LogP contribution in [0.25, 0.3) is 0 Å². The highest BCUT2D eigenvalue weighted by Gasteiger charge is 2.39.